The first-order valence-corrected chi connectivity index (χ1v) is 27.0. The van der Waals surface area contributed by atoms with Crippen LogP contribution in [-0.4, -0.2) is 4.57 Å². The number of nitrogens with zero attached hydrogens (tertiary/aromatic N) is 2. The lowest BCUT2D eigenvalue weighted by Gasteiger charge is -2.26. The van der Waals surface area contributed by atoms with Crippen LogP contribution in [0.4, 0.5) is 17.1 Å². The number of anilines is 3. The molecule has 15 aromatic rings. The highest BCUT2D eigenvalue weighted by molar-refractivity contribution is 6.23. The number of fused-ring (bicyclic) bond motifs is 8. The van der Waals surface area contributed by atoms with Crippen molar-refractivity contribution < 1.29 is 4.42 Å². The normalized spacial score (nSPS) is 11.5. The Bertz CT molecular complexity index is 4690. The summed E-state index contributed by atoms with van der Waals surface area (Å²) >= 11 is 0. The highest BCUT2D eigenvalue weighted by atomic mass is 16.3. The number of benzene rings is 13. The largest absolute Gasteiger partial charge is 0.454 e. The summed E-state index contributed by atoms with van der Waals surface area (Å²) in [6, 6.07) is 110. The second-order valence-electron chi connectivity index (χ2n) is 20.4. The van der Waals surface area contributed by atoms with Crippen LogP contribution in [0.5, 0.6) is 0 Å². The van der Waals surface area contributed by atoms with Gasteiger partial charge in [0.25, 0.3) is 0 Å². The minimum atomic E-state index is 0.859. The van der Waals surface area contributed by atoms with Gasteiger partial charge in [-0.25, -0.2) is 0 Å². The van der Waals surface area contributed by atoms with Crippen molar-refractivity contribution in [1.29, 1.82) is 0 Å². The van der Waals surface area contributed by atoms with Gasteiger partial charge in [-0.3, -0.25) is 0 Å². The number of para-hydroxylation sites is 3. The van der Waals surface area contributed by atoms with Crippen molar-refractivity contribution in [2.45, 2.75) is 0 Å². The van der Waals surface area contributed by atoms with Gasteiger partial charge in [-0.05, 0) is 144 Å². The van der Waals surface area contributed by atoms with E-state index in [4.69, 9.17) is 4.42 Å². The van der Waals surface area contributed by atoms with E-state index in [0.717, 1.165) is 61.1 Å². The highest BCUT2D eigenvalue weighted by Crippen LogP contribution is 2.46. The Morgan fingerprint density at radius 1 is 0.266 bits per heavy atom. The smallest absolute Gasteiger partial charge is 0.160 e. The Morgan fingerprint density at radius 3 is 1.18 bits per heavy atom. The summed E-state index contributed by atoms with van der Waals surface area (Å²) in [5.41, 5.74) is 22.6. The molecule has 79 heavy (non-hydrogen) atoms. The number of furan rings is 1. The summed E-state index contributed by atoms with van der Waals surface area (Å²) in [7, 11) is 0. The van der Waals surface area contributed by atoms with Gasteiger partial charge < -0.3 is 13.9 Å². The standard InChI is InChI=1S/C76H50N2O/c1-3-13-51(14-4-1)52-23-25-53(26-24-52)54-27-31-57(32-28-54)59-39-44-65(45-40-59)77(73-50-63-15-7-8-18-67(63)75-69-20-10-12-22-74(69)79-76(73)75)66-46-41-60(42-47-66)58-33-29-55(30-34-58)56-35-37-61(38-36-56)62-43-48-72-70(49-62)68-19-9-11-21-71(68)78(72)64-16-5-2-6-17-64/h1-50H. The fourth-order valence-electron chi connectivity index (χ4n) is 11.8. The van der Waals surface area contributed by atoms with Crippen molar-refractivity contribution in [1.82, 2.24) is 4.57 Å². The van der Waals surface area contributed by atoms with E-state index in [1.807, 2.05) is 6.07 Å². The van der Waals surface area contributed by atoms with E-state index in [1.165, 1.54) is 83.0 Å². The van der Waals surface area contributed by atoms with Gasteiger partial charge in [-0.15, -0.1) is 0 Å². The van der Waals surface area contributed by atoms with E-state index in [1.54, 1.807) is 0 Å². The summed E-state index contributed by atoms with van der Waals surface area (Å²) in [5.74, 6) is 0. The molecule has 15 rings (SSSR count). The van der Waals surface area contributed by atoms with Crippen LogP contribution in [-0.2, 0) is 0 Å². The molecule has 0 aliphatic rings. The second-order valence-corrected chi connectivity index (χ2v) is 20.4. The molecule has 0 N–H and O–H groups in total. The average molecular weight is 1010 g/mol. The topological polar surface area (TPSA) is 21.3 Å². The first kappa shape index (κ1) is 45.9. The fourth-order valence-corrected chi connectivity index (χ4v) is 11.8. The summed E-state index contributed by atoms with van der Waals surface area (Å²) in [4.78, 5) is 2.35. The van der Waals surface area contributed by atoms with Crippen molar-refractivity contribution in [3.05, 3.63) is 303 Å². The zero-order valence-electron chi connectivity index (χ0n) is 43.2. The van der Waals surface area contributed by atoms with Crippen LogP contribution in [0.15, 0.2) is 308 Å². The van der Waals surface area contributed by atoms with Crippen LogP contribution in [0.25, 0.3) is 127 Å². The molecule has 0 aliphatic heterocycles. The van der Waals surface area contributed by atoms with E-state index in [0.29, 0.717) is 0 Å². The van der Waals surface area contributed by atoms with Gasteiger partial charge in [0.2, 0.25) is 0 Å². The van der Waals surface area contributed by atoms with Crippen LogP contribution in [0.3, 0.4) is 0 Å². The third kappa shape index (κ3) is 8.24. The minimum absolute atomic E-state index is 0.859. The van der Waals surface area contributed by atoms with Crippen molar-refractivity contribution in [2.24, 2.45) is 0 Å². The molecule has 370 valence electrons. The molecule has 0 saturated heterocycles. The van der Waals surface area contributed by atoms with Crippen molar-refractivity contribution in [3.63, 3.8) is 0 Å². The third-order valence-corrected chi connectivity index (χ3v) is 15.8. The van der Waals surface area contributed by atoms with Crippen LogP contribution in [0.1, 0.15) is 0 Å². The fraction of sp³-hybridized carbons (Fsp3) is 0. The molecule has 0 atom stereocenters. The van der Waals surface area contributed by atoms with E-state index < -0.39 is 0 Å². The molecule has 2 heterocycles. The van der Waals surface area contributed by atoms with Gasteiger partial charge >= 0.3 is 0 Å². The molecule has 0 radical (unpaired) electrons. The van der Waals surface area contributed by atoms with Crippen molar-refractivity contribution >= 4 is 71.6 Å². The van der Waals surface area contributed by atoms with Gasteiger partial charge in [-0.1, -0.05) is 237 Å². The average Bonchev–Trinajstić information content (AvgIpc) is 4.30. The van der Waals surface area contributed by atoms with E-state index in [-0.39, 0.29) is 0 Å². The SMILES string of the molecule is c1ccc(-c2ccc(-c3ccc(-c4ccc(N(c5ccc(-c6ccc(-c7ccc(-c8ccc9c(c8)c8ccccc8n9-c8ccccc8)cc7)cc6)cc5)c5cc6ccccc6c6c5oc5ccccc56)cc4)cc3)cc2)cc1. The molecule has 0 amide bonds. The number of hydrogen-bond donors (Lipinski definition) is 0. The first-order chi connectivity index (χ1) is 39.1. The van der Waals surface area contributed by atoms with Gasteiger partial charge in [0.05, 0.1) is 16.7 Å². The number of hydrogen-bond acceptors (Lipinski definition) is 2. The molecular formula is C76H50N2O. The highest BCUT2D eigenvalue weighted by Gasteiger charge is 2.22. The predicted molar refractivity (Wildman–Crippen MR) is 333 cm³/mol. The molecule has 2 aromatic heterocycles. The Hall–Kier alpha value is -10.5. The van der Waals surface area contributed by atoms with E-state index >= 15 is 0 Å². The third-order valence-electron chi connectivity index (χ3n) is 15.8. The van der Waals surface area contributed by atoms with Crippen molar-refractivity contribution in [3.8, 4) is 72.4 Å². The molecule has 3 heteroatoms. The van der Waals surface area contributed by atoms with Crippen LogP contribution in [0, 0.1) is 0 Å². The number of aromatic nitrogens is 1. The Labute approximate surface area is 458 Å². The molecule has 0 aliphatic carbocycles. The van der Waals surface area contributed by atoms with Crippen LogP contribution < -0.4 is 4.90 Å². The second kappa shape index (κ2) is 19.3. The molecular weight excluding hydrogens is 957 g/mol. The zero-order valence-corrected chi connectivity index (χ0v) is 43.2. The van der Waals surface area contributed by atoms with Crippen LogP contribution >= 0.6 is 0 Å². The Morgan fingerprint density at radius 2 is 0.646 bits per heavy atom. The molecule has 0 fully saturated rings. The first-order valence-electron chi connectivity index (χ1n) is 27.0. The summed E-state index contributed by atoms with van der Waals surface area (Å²) < 4.78 is 9.22. The lowest BCUT2D eigenvalue weighted by atomic mass is 9.97. The van der Waals surface area contributed by atoms with E-state index in [2.05, 4.69) is 307 Å². The molecule has 0 saturated carbocycles. The van der Waals surface area contributed by atoms with Crippen molar-refractivity contribution in [2.75, 3.05) is 4.90 Å². The Kier molecular flexibility index (Phi) is 11.2. The maximum Gasteiger partial charge on any atom is 0.160 e. The molecule has 0 unspecified atom stereocenters. The van der Waals surface area contributed by atoms with Crippen LogP contribution in [0.2, 0.25) is 0 Å². The maximum atomic E-state index is 6.86. The maximum absolute atomic E-state index is 6.86. The molecule has 3 nitrogen and oxygen atoms in total. The lowest BCUT2D eigenvalue weighted by molar-refractivity contribution is 0.669. The molecule has 0 spiro atoms. The monoisotopic (exact) mass is 1010 g/mol. The zero-order chi connectivity index (χ0) is 52.2. The summed E-state index contributed by atoms with van der Waals surface area (Å²) in [6.07, 6.45) is 0. The quantitative estimate of drug-likeness (QED) is 0.136. The predicted octanol–water partition coefficient (Wildman–Crippen LogP) is 21.3. The van der Waals surface area contributed by atoms with Gasteiger partial charge in [0.1, 0.15) is 5.58 Å². The summed E-state index contributed by atoms with van der Waals surface area (Å²) in [6.45, 7) is 0. The molecule has 0 bridgehead atoms. The summed E-state index contributed by atoms with van der Waals surface area (Å²) in [5, 5.41) is 7.07. The Balaban J connectivity index is 0.729. The lowest BCUT2D eigenvalue weighted by Crippen LogP contribution is -2.10. The van der Waals surface area contributed by atoms with Gasteiger partial charge in [0, 0.05) is 38.6 Å². The minimum Gasteiger partial charge on any atom is -0.454 e. The molecule has 13 aromatic carbocycles. The van der Waals surface area contributed by atoms with E-state index in [9.17, 15) is 0 Å². The van der Waals surface area contributed by atoms with Gasteiger partial charge in [-0.2, -0.15) is 0 Å². The van der Waals surface area contributed by atoms with Gasteiger partial charge in [0.15, 0.2) is 5.58 Å². The number of rotatable bonds is 10.